The maximum Gasteiger partial charge on any atom is 0.107 e. The minimum atomic E-state index is -0.572. The molecule has 0 heterocycles. The third kappa shape index (κ3) is 12.3. The summed E-state index contributed by atoms with van der Waals surface area (Å²) in [6, 6.07) is 1.03. The fourth-order valence-electron chi connectivity index (χ4n) is 3.41. The standard InChI is InChI=1S/C26H52NOP/c1-13-24(8)29(27(22(4)5)23(6)7)28-20-26(11,12)19-18-25(9,10)17-15-14-16-21(2)3/h14-15,22-24H,2,13,16-20H2,1,3-12H3/b15-14+. The third-order valence-corrected chi connectivity index (χ3v) is 8.52. The van der Waals surface area contributed by atoms with E-state index in [0.717, 1.165) is 19.4 Å². The van der Waals surface area contributed by atoms with Gasteiger partial charge in [-0.1, -0.05) is 65.8 Å². The summed E-state index contributed by atoms with van der Waals surface area (Å²) in [5.41, 5.74) is 2.35. The lowest BCUT2D eigenvalue weighted by molar-refractivity contribution is 0.141. The minimum absolute atomic E-state index is 0.201. The van der Waals surface area contributed by atoms with E-state index in [9.17, 15) is 0 Å². The Balaban J connectivity index is 4.87. The van der Waals surface area contributed by atoms with E-state index in [0.29, 0.717) is 23.2 Å². The van der Waals surface area contributed by atoms with Gasteiger partial charge in [0, 0.05) is 17.7 Å². The Morgan fingerprint density at radius 2 is 1.48 bits per heavy atom. The van der Waals surface area contributed by atoms with Crippen LogP contribution in [0, 0.1) is 10.8 Å². The third-order valence-electron chi connectivity index (χ3n) is 5.62. The predicted molar refractivity (Wildman–Crippen MR) is 135 cm³/mol. The second-order valence-electron chi connectivity index (χ2n) is 11.1. The Morgan fingerprint density at radius 3 is 1.93 bits per heavy atom. The SMILES string of the molecule is C=C(C)C/C=C/CC(C)(C)CCC(C)(C)COP(C(C)CC)N(C(C)C)C(C)C. The maximum atomic E-state index is 6.70. The van der Waals surface area contributed by atoms with Crippen LogP contribution in [0.5, 0.6) is 0 Å². The molecule has 0 radical (unpaired) electrons. The Morgan fingerprint density at radius 1 is 0.966 bits per heavy atom. The summed E-state index contributed by atoms with van der Waals surface area (Å²) in [7, 11) is -0.572. The zero-order valence-electron chi connectivity index (χ0n) is 21.6. The normalized spacial score (nSPS) is 15.7. The minimum Gasteiger partial charge on any atom is -0.343 e. The zero-order valence-corrected chi connectivity index (χ0v) is 22.5. The number of hydrogen-bond acceptors (Lipinski definition) is 2. The molecule has 29 heavy (non-hydrogen) atoms. The first kappa shape index (κ1) is 28.8. The van der Waals surface area contributed by atoms with Crippen molar-refractivity contribution in [2.45, 2.75) is 126 Å². The van der Waals surface area contributed by atoms with Crippen molar-refractivity contribution < 1.29 is 4.52 Å². The van der Waals surface area contributed by atoms with E-state index >= 15 is 0 Å². The van der Waals surface area contributed by atoms with Gasteiger partial charge in [-0.05, 0) is 77.6 Å². The van der Waals surface area contributed by atoms with Crippen molar-refractivity contribution in [2.24, 2.45) is 10.8 Å². The molecule has 0 fully saturated rings. The van der Waals surface area contributed by atoms with Crippen LogP contribution in [0.4, 0.5) is 0 Å². The maximum absolute atomic E-state index is 6.70. The summed E-state index contributed by atoms with van der Waals surface area (Å²) in [6.45, 7) is 30.3. The summed E-state index contributed by atoms with van der Waals surface area (Å²) in [5.74, 6) is 0. The molecule has 2 unspecified atom stereocenters. The first-order chi connectivity index (χ1) is 13.2. The summed E-state index contributed by atoms with van der Waals surface area (Å²) >= 11 is 0. The van der Waals surface area contributed by atoms with Crippen LogP contribution in [0.3, 0.4) is 0 Å². The Hall–Kier alpha value is -0.170. The average molecular weight is 426 g/mol. The van der Waals surface area contributed by atoms with E-state index in [1.165, 1.54) is 24.8 Å². The van der Waals surface area contributed by atoms with E-state index in [4.69, 9.17) is 4.52 Å². The molecule has 3 heteroatoms. The lowest BCUT2D eigenvalue weighted by Gasteiger charge is -2.41. The molecule has 0 N–H and O–H groups in total. The highest BCUT2D eigenvalue weighted by atomic mass is 31.2. The molecular weight excluding hydrogens is 373 g/mol. The van der Waals surface area contributed by atoms with Crippen LogP contribution in [0.1, 0.15) is 108 Å². The van der Waals surface area contributed by atoms with E-state index < -0.39 is 8.30 Å². The highest BCUT2D eigenvalue weighted by Crippen LogP contribution is 2.51. The van der Waals surface area contributed by atoms with Gasteiger partial charge in [-0.15, -0.1) is 0 Å². The number of allylic oxidation sites excluding steroid dienone is 3. The molecule has 0 aliphatic carbocycles. The first-order valence-corrected chi connectivity index (χ1v) is 13.0. The van der Waals surface area contributed by atoms with Crippen LogP contribution in [0.15, 0.2) is 24.3 Å². The van der Waals surface area contributed by atoms with Crippen LogP contribution in [-0.4, -0.2) is 29.0 Å². The Bertz CT molecular complexity index is 485. The van der Waals surface area contributed by atoms with E-state index in [-0.39, 0.29) is 5.41 Å². The molecule has 0 bridgehead atoms. The van der Waals surface area contributed by atoms with Gasteiger partial charge in [0.05, 0.1) is 6.61 Å². The molecule has 2 atom stereocenters. The van der Waals surface area contributed by atoms with Crippen molar-refractivity contribution in [3.05, 3.63) is 24.3 Å². The van der Waals surface area contributed by atoms with Crippen LogP contribution in [-0.2, 0) is 4.52 Å². The molecule has 172 valence electrons. The molecule has 0 aliphatic heterocycles. The zero-order chi connectivity index (χ0) is 22.8. The summed E-state index contributed by atoms with van der Waals surface area (Å²) < 4.78 is 9.31. The molecule has 0 aliphatic rings. The highest BCUT2D eigenvalue weighted by molar-refractivity contribution is 7.50. The molecular formula is C26H52NOP. The smallest absolute Gasteiger partial charge is 0.107 e. The van der Waals surface area contributed by atoms with E-state index in [2.05, 4.69) is 99.6 Å². The van der Waals surface area contributed by atoms with E-state index in [1.54, 1.807) is 0 Å². The van der Waals surface area contributed by atoms with Gasteiger partial charge in [0.1, 0.15) is 8.30 Å². The monoisotopic (exact) mass is 425 g/mol. The number of hydrogen-bond donors (Lipinski definition) is 0. The summed E-state index contributed by atoms with van der Waals surface area (Å²) in [6.07, 6.45) is 10.3. The van der Waals surface area contributed by atoms with Crippen molar-refractivity contribution in [1.29, 1.82) is 0 Å². The molecule has 0 spiro atoms. The van der Waals surface area contributed by atoms with Gasteiger partial charge in [0.2, 0.25) is 0 Å². The highest BCUT2D eigenvalue weighted by Gasteiger charge is 2.32. The molecule has 2 nitrogen and oxygen atoms in total. The fraction of sp³-hybridized carbons (Fsp3) is 0.846. The lowest BCUT2D eigenvalue weighted by atomic mass is 9.77. The van der Waals surface area contributed by atoms with Gasteiger partial charge in [-0.2, -0.15) is 0 Å². The second kappa shape index (κ2) is 13.3. The van der Waals surface area contributed by atoms with Gasteiger partial charge < -0.3 is 4.52 Å². The summed E-state index contributed by atoms with van der Waals surface area (Å²) in [5, 5.41) is 0. The quantitative estimate of drug-likeness (QED) is 0.192. The van der Waals surface area contributed by atoms with Crippen molar-refractivity contribution in [2.75, 3.05) is 6.61 Å². The van der Waals surface area contributed by atoms with Gasteiger partial charge in [-0.3, -0.25) is 4.67 Å². The predicted octanol–water partition coefficient (Wildman–Crippen LogP) is 8.98. The van der Waals surface area contributed by atoms with Crippen molar-refractivity contribution in [3.63, 3.8) is 0 Å². The Labute approximate surface area is 185 Å². The molecule has 0 amide bonds. The van der Waals surface area contributed by atoms with Crippen LogP contribution >= 0.6 is 8.30 Å². The van der Waals surface area contributed by atoms with Crippen LogP contribution in [0.25, 0.3) is 0 Å². The number of nitrogens with zero attached hydrogens (tertiary/aromatic N) is 1. The first-order valence-electron chi connectivity index (χ1n) is 11.7. The Kier molecular flexibility index (Phi) is 13.2. The fourth-order valence-corrected chi connectivity index (χ4v) is 5.96. The van der Waals surface area contributed by atoms with Gasteiger partial charge in [0.25, 0.3) is 0 Å². The van der Waals surface area contributed by atoms with Crippen molar-refractivity contribution in [3.8, 4) is 0 Å². The number of rotatable bonds is 15. The molecule has 0 aromatic carbocycles. The van der Waals surface area contributed by atoms with Gasteiger partial charge in [-0.25, -0.2) is 0 Å². The molecule has 0 aromatic heterocycles. The van der Waals surface area contributed by atoms with Gasteiger partial charge >= 0.3 is 0 Å². The topological polar surface area (TPSA) is 12.5 Å². The van der Waals surface area contributed by atoms with Crippen LogP contribution < -0.4 is 0 Å². The molecule has 0 saturated heterocycles. The summed E-state index contributed by atoms with van der Waals surface area (Å²) in [4.78, 5) is 0. The lowest BCUT2D eigenvalue weighted by Crippen LogP contribution is -2.36. The van der Waals surface area contributed by atoms with Crippen molar-refractivity contribution >= 4 is 8.30 Å². The molecule has 0 saturated carbocycles. The molecule has 0 rings (SSSR count). The van der Waals surface area contributed by atoms with Crippen LogP contribution in [0.2, 0.25) is 0 Å². The largest absolute Gasteiger partial charge is 0.343 e. The average Bonchev–Trinajstić information content (AvgIpc) is 2.59. The van der Waals surface area contributed by atoms with E-state index in [1.807, 2.05) is 0 Å². The van der Waals surface area contributed by atoms with Gasteiger partial charge in [0.15, 0.2) is 0 Å². The molecule has 0 aromatic rings. The second-order valence-corrected chi connectivity index (χ2v) is 13.3. The van der Waals surface area contributed by atoms with Crippen molar-refractivity contribution in [1.82, 2.24) is 4.67 Å².